The van der Waals surface area contributed by atoms with Gasteiger partial charge in [0, 0.05) is 12.1 Å². The van der Waals surface area contributed by atoms with Crippen molar-refractivity contribution in [3.8, 4) is 0 Å². The Morgan fingerprint density at radius 1 is 1.55 bits per heavy atom. The smallest absolute Gasteiger partial charge is 0.356 e. The molecule has 0 aromatic carbocycles. The first-order valence-corrected chi connectivity index (χ1v) is 6.78. The van der Waals surface area contributed by atoms with Gasteiger partial charge in [-0.1, -0.05) is 0 Å². The van der Waals surface area contributed by atoms with Crippen LogP contribution in [-0.2, 0) is 11.3 Å². The average molecular weight is 274 g/mol. The summed E-state index contributed by atoms with van der Waals surface area (Å²) in [6, 6.07) is 1.77. The molecule has 0 amide bonds. The normalized spacial score (nSPS) is 16.9. The van der Waals surface area contributed by atoms with E-state index in [0.29, 0.717) is 17.8 Å². The molecule has 2 N–H and O–H groups in total. The molecule has 0 unspecified atom stereocenters. The van der Waals surface area contributed by atoms with Crippen LogP contribution in [0.15, 0.2) is 12.3 Å². The quantitative estimate of drug-likeness (QED) is 0.831. The second-order valence-electron chi connectivity index (χ2n) is 5.56. The number of rotatable bonds is 4. The molecule has 1 saturated carbocycles. The Kier molecular flexibility index (Phi) is 3.17. The van der Waals surface area contributed by atoms with Crippen LogP contribution < -0.4 is 5.32 Å². The van der Waals surface area contributed by atoms with Crippen LogP contribution in [0, 0.1) is 0 Å². The Morgan fingerprint density at radius 2 is 2.35 bits per heavy atom. The maximum absolute atomic E-state index is 11.7. The van der Waals surface area contributed by atoms with E-state index in [-0.39, 0.29) is 5.54 Å². The number of H-pyrrole nitrogens is 1. The molecule has 20 heavy (non-hydrogen) atoms. The van der Waals surface area contributed by atoms with Crippen molar-refractivity contribution in [2.24, 2.45) is 0 Å². The van der Waals surface area contributed by atoms with E-state index in [0.717, 1.165) is 11.1 Å². The van der Waals surface area contributed by atoms with Crippen molar-refractivity contribution in [1.29, 1.82) is 0 Å². The molecule has 2 aromatic heterocycles. The first kappa shape index (κ1) is 13.1. The van der Waals surface area contributed by atoms with Crippen molar-refractivity contribution >= 4 is 17.0 Å². The van der Waals surface area contributed by atoms with Gasteiger partial charge in [-0.05, 0) is 37.8 Å². The van der Waals surface area contributed by atoms with E-state index in [4.69, 9.17) is 4.74 Å². The van der Waals surface area contributed by atoms with Gasteiger partial charge in [-0.2, -0.15) is 5.10 Å². The van der Waals surface area contributed by atoms with E-state index in [1.54, 1.807) is 12.3 Å². The van der Waals surface area contributed by atoms with Crippen molar-refractivity contribution in [3.63, 3.8) is 0 Å². The van der Waals surface area contributed by atoms with Gasteiger partial charge in [-0.3, -0.25) is 5.10 Å². The van der Waals surface area contributed by atoms with Crippen molar-refractivity contribution in [1.82, 2.24) is 20.5 Å². The highest BCUT2D eigenvalue weighted by Gasteiger charge is 2.31. The second kappa shape index (κ2) is 4.86. The Labute approximate surface area is 116 Å². The molecule has 0 aliphatic heterocycles. The number of hydrogen-bond donors (Lipinski definition) is 2. The summed E-state index contributed by atoms with van der Waals surface area (Å²) in [5.41, 5.74) is 3.07. The van der Waals surface area contributed by atoms with E-state index in [1.807, 2.05) is 0 Å². The van der Waals surface area contributed by atoms with Gasteiger partial charge < -0.3 is 10.1 Å². The minimum Gasteiger partial charge on any atom is -0.464 e. The van der Waals surface area contributed by atoms with Gasteiger partial charge in [0.2, 0.25) is 0 Å². The van der Waals surface area contributed by atoms with Crippen LogP contribution in [0.2, 0.25) is 0 Å². The zero-order valence-electron chi connectivity index (χ0n) is 11.7. The minimum atomic E-state index is -0.427. The van der Waals surface area contributed by atoms with Crippen LogP contribution in [-0.4, -0.2) is 33.8 Å². The number of pyridine rings is 1. The number of fused-ring (bicyclic) bond motifs is 1. The van der Waals surface area contributed by atoms with Gasteiger partial charge in [0.05, 0.1) is 18.8 Å². The largest absolute Gasteiger partial charge is 0.464 e. The fraction of sp³-hybridized carbons (Fsp3) is 0.500. The number of hydrogen-bond acceptors (Lipinski definition) is 5. The monoisotopic (exact) mass is 274 g/mol. The molecule has 3 rings (SSSR count). The third-order valence-electron chi connectivity index (χ3n) is 4.05. The lowest BCUT2D eigenvalue weighted by Crippen LogP contribution is -2.47. The Bertz CT molecular complexity index is 646. The standard InChI is InChI=1S/C14H18N4O2/c1-14(4-3-5-14)15-7-9-6-10(13(19)20-2)17-11-8-16-18-12(9)11/h6,8,15H,3-5,7H2,1-2H3,(H,16,18). The van der Waals surface area contributed by atoms with Crippen LogP contribution >= 0.6 is 0 Å². The molecular weight excluding hydrogens is 256 g/mol. The Morgan fingerprint density at radius 3 is 3.00 bits per heavy atom. The first-order valence-electron chi connectivity index (χ1n) is 6.78. The summed E-state index contributed by atoms with van der Waals surface area (Å²) in [6.45, 7) is 2.91. The highest BCUT2D eigenvalue weighted by Crippen LogP contribution is 2.31. The molecule has 106 valence electrons. The molecule has 0 bridgehead atoms. The number of methoxy groups -OCH3 is 1. The van der Waals surface area contributed by atoms with Gasteiger partial charge in [0.1, 0.15) is 11.2 Å². The Hall–Kier alpha value is -1.95. The number of aromatic amines is 1. The van der Waals surface area contributed by atoms with Crippen LogP contribution in [0.1, 0.15) is 42.2 Å². The molecule has 0 saturated heterocycles. The lowest BCUT2D eigenvalue weighted by Gasteiger charge is -2.39. The molecule has 2 aromatic rings. The number of aromatic nitrogens is 3. The van der Waals surface area contributed by atoms with E-state index >= 15 is 0 Å². The topological polar surface area (TPSA) is 79.9 Å². The number of carbonyl (C=O) groups is 1. The molecule has 0 spiro atoms. The molecular formula is C14H18N4O2. The molecule has 1 aliphatic carbocycles. The summed E-state index contributed by atoms with van der Waals surface area (Å²) >= 11 is 0. The summed E-state index contributed by atoms with van der Waals surface area (Å²) < 4.78 is 4.74. The highest BCUT2D eigenvalue weighted by atomic mass is 16.5. The first-order chi connectivity index (χ1) is 9.61. The van der Waals surface area contributed by atoms with E-state index in [2.05, 4.69) is 27.4 Å². The average Bonchev–Trinajstić information content (AvgIpc) is 2.90. The fourth-order valence-electron chi connectivity index (χ4n) is 2.54. The third kappa shape index (κ3) is 2.27. The maximum atomic E-state index is 11.7. The predicted molar refractivity (Wildman–Crippen MR) is 74.3 cm³/mol. The number of carbonyl (C=O) groups excluding carboxylic acids is 1. The molecule has 6 nitrogen and oxygen atoms in total. The lowest BCUT2D eigenvalue weighted by molar-refractivity contribution is 0.0594. The summed E-state index contributed by atoms with van der Waals surface area (Å²) in [5, 5.41) is 10.5. The molecule has 0 radical (unpaired) electrons. The zero-order valence-corrected chi connectivity index (χ0v) is 11.7. The molecule has 1 aliphatic rings. The second-order valence-corrected chi connectivity index (χ2v) is 5.56. The van der Waals surface area contributed by atoms with Crippen molar-refractivity contribution in [2.45, 2.75) is 38.3 Å². The van der Waals surface area contributed by atoms with Gasteiger partial charge in [0.15, 0.2) is 0 Å². The SMILES string of the molecule is COC(=O)c1cc(CNC2(C)CCC2)c2[nH]ncc2n1. The molecule has 1 fully saturated rings. The summed E-state index contributed by atoms with van der Waals surface area (Å²) in [6.07, 6.45) is 5.27. The number of nitrogens with zero attached hydrogens (tertiary/aromatic N) is 2. The Balaban J connectivity index is 1.91. The van der Waals surface area contributed by atoms with E-state index < -0.39 is 5.97 Å². The summed E-state index contributed by atoms with van der Waals surface area (Å²) in [7, 11) is 1.36. The highest BCUT2D eigenvalue weighted by molar-refractivity contribution is 5.91. The summed E-state index contributed by atoms with van der Waals surface area (Å²) in [5.74, 6) is -0.427. The van der Waals surface area contributed by atoms with Gasteiger partial charge >= 0.3 is 5.97 Å². The van der Waals surface area contributed by atoms with Gasteiger partial charge in [-0.15, -0.1) is 0 Å². The zero-order chi connectivity index (χ0) is 14.2. The fourth-order valence-corrected chi connectivity index (χ4v) is 2.54. The van der Waals surface area contributed by atoms with Gasteiger partial charge in [0.25, 0.3) is 0 Å². The van der Waals surface area contributed by atoms with Gasteiger partial charge in [-0.25, -0.2) is 9.78 Å². The van der Waals surface area contributed by atoms with Crippen LogP contribution in [0.4, 0.5) is 0 Å². The molecule has 6 heteroatoms. The maximum Gasteiger partial charge on any atom is 0.356 e. The van der Waals surface area contributed by atoms with Crippen LogP contribution in [0.3, 0.4) is 0 Å². The number of esters is 1. The van der Waals surface area contributed by atoms with Crippen molar-refractivity contribution in [2.75, 3.05) is 7.11 Å². The predicted octanol–water partition coefficient (Wildman–Crippen LogP) is 1.78. The molecule has 0 atom stereocenters. The lowest BCUT2D eigenvalue weighted by atomic mass is 9.78. The van der Waals surface area contributed by atoms with Crippen molar-refractivity contribution < 1.29 is 9.53 Å². The van der Waals surface area contributed by atoms with Crippen molar-refractivity contribution in [3.05, 3.63) is 23.5 Å². The summed E-state index contributed by atoms with van der Waals surface area (Å²) in [4.78, 5) is 15.9. The minimum absolute atomic E-state index is 0.209. The van der Waals surface area contributed by atoms with Crippen LogP contribution in [0.5, 0.6) is 0 Å². The molecule has 2 heterocycles. The number of ether oxygens (including phenoxy) is 1. The number of nitrogens with one attached hydrogen (secondary N) is 2. The van der Waals surface area contributed by atoms with Crippen LogP contribution in [0.25, 0.3) is 11.0 Å². The third-order valence-corrected chi connectivity index (χ3v) is 4.05. The van der Waals surface area contributed by atoms with E-state index in [1.165, 1.54) is 26.4 Å². The van der Waals surface area contributed by atoms with E-state index in [9.17, 15) is 4.79 Å².